The first-order valence-electron chi connectivity index (χ1n) is 50.8. The third kappa shape index (κ3) is 143. The molecule has 8 nitrogen and oxygen atoms in total. The molecule has 0 rings (SSSR count). The molecule has 0 saturated carbocycles. The average molecular weight is 2010 g/mol. The van der Waals surface area contributed by atoms with E-state index in [-0.39, 0.29) is 100 Å². The Morgan fingerprint density at radius 2 is 0.281 bits per heavy atom. The number of carbonyl (C=O) groups is 4. The summed E-state index contributed by atoms with van der Waals surface area (Å²) in [7, 11) is 0. The zero-order valence-corrected chi connectivity index (χ0v) is 89.2. The number of hydrogen-bond donors (Lipinski definition) is 0. The Bertz CT molecular complexity index is 1710. The maximum Gasteiger partial charge on any atom is 2.00 e. The predicted octanol–water partition coefficient (Wildman–Crippen LogP) is 34.4. The van der Waals surface area contributed by atoms with Crippen LogP contribution in [0.15, 0.2) is 48.6 Å². The normalized spacial score (nSPS) is 10.9. The zero-order valence-electron chi connectivity index (χ0n) is 79.2. The molecule has 0 fully saturated rings. The summed E-state index contributed by atoms with van der Waals surface area (Å²) in [6.45, 7) is 10.7. The molecule has 4 radical (unpaired) electrons. The van der Waals surface area contributed by atoms with Crippen molar-refractivity contribution in [1.29, 1.82) is 0 Å². The quantitative estimate of drug-likeness (QED) is 0.0145. The van der Waals surface area contributed by atoms with Crippen LogP contribution in [0.3, 0.4) is 0 Å². The second-order valence-electron chi connectivity index (χ2n) is 33.5. The summed E-state index contributed by atoms with van der Waals surface area (Å²) in [4.78, 5) is 45.2. The van der Waals surface area contributed by atoms with Crippen molar-refractivity contribution in [3.63, 3.8) is 0 Å². The summed E-state index contributed by atoms with van der Waals surface area (Å²) in [5, 5.41) is 0. The van der Waals surface area contributed by atoms with E-state index in [1.165, 1.54) is 437 Å². The number of hydrogen-bond acceptors (Lipinski definition) is 12. The summed E-state index contributed by atoms with van der Waals surface area (Å²) in [5.74, 6) is 1.52. The van der Waals surface area contributed by atoms with Gasteiger partial charge in [-0.25, -0.2) is 0 Å². The standard InChI is InChI=1S/4C26H50O2S.2CH4.H2S.2Sn/c4*1-2-3-4-5-6-7-8-9-10-11-12-13-14-15-16-17-18-19-20-21-22-23-26(27)28-24-25-29;;;;;/h4*19-20,29H,2-18,21-25H2,1H3;2*1H4;1H2;;/q;;;;;;;2*+2/p-4/b4*20-19+;;;;;. The predicted molar refractivity (Wildman–Crippen MR) is 557 cm³/mol. The Hall–Kier alpha value is 0.187. The van der Waals surface area contributed by atoms with E-state index in [2.05, 4.69) is 76.3 Å². The van der Waals surface area contributed by atoms with Crippen LogP contribution in [0.5, 0.6) is 0 Å². The van der Waals surface area contributed by atoms with Crippen LogP contribution >= 0.6 is 13.5 Å². The fourth-order valence-corrected chi connectivity index (χ4v) is 14.9. The SMILES string of the molecule is C.C.CCCCCCCCCCCCCCCCCC/C=C/CCCC(=O)OCC[S-].CCCCCCCCCCCCCCCCCC/C=C/CCCC(=O)OCC[S-].CCCCCCCCCCCCCCCCCC/C=C/CCCC(=O)OCC[S-].CCCCCCCCCCCCCCCCCC/C=C/CCCC(=O)OCC[S-].S.[Sn+2].[Sn+2]. The van der Waals surface area contributed by atoms with E-state index in [0.29, 0.717) is 75.1 Å². The summed E-state index contributed by atoms with van der Waals surface area (Å²) in [6.07, 6.45) is 123. The van der Waals surface area contributed by atoms with E-state index in [4.69, 9.17) is 69.5 Å². The van der Waals surface area contributed by atoms with Gasteiger partial charge in [0.05, 0.1) is 26.4 Å². The van der Waals surface area contributed by atoms with Crippen molar-refractivity contribution in [3.05, 3.63) is 48.6 Å². The molecule has 0 heterocycles. The Kier molecular flexibility index (Phi) is 156. The largest absolute Gasteiger partial charge is 2.00 e. The molecule has 716 valence electrons. The molecule has 0 unspecified atom stereocenters. The van der Waals surface area contributed by atoms with Crippen LogP contribution in [0.1, 0.15) is 556 Å². The Morgan fingerprint density at radius 1 is 0.182 bits per heavy atom. The molecule has 0 aromatic carbocycles. The Morgan fingerprint density at radius 3 is 0.388 bits per heavy atom. The summed E-state index contributed by atoms with van der Waals surface area (Å²) in [5.41, 5.74) is 0. The fraction of sp³-hybridized carbons (Fsp3) is 0.887. The third-order valence-electron chi connectivity index (χ3n) is 22.0. The van der Waals surface area contributed by atoms with Crippen molar-refractivity contribution in [2.45, 2.75) is 556 Å². The average Bonchev–Trinajstić information content (AvgIpc) is 1.07. The van der Waals surface area contributed by atoms with E-state index in [0.717, 1.165) is 51.4 Å². The maximum absolute atomic E-state index is 11.3. The Balaban J connectivity index is -0.000000195. The summed E-state index contributed by atoms with van der Waals surface area (Å²) < 4.78 is 19.9. The molecule has 0 saturated heterocycles. The first-order valence-corrected chi connectivity index (χ1v) is 53.1. The van der Waals surface area contributed by atoms with Crippen LogP contribution < -0.4 is 0 Å². The smallest absolute Gasteiger partial charge is 0.789 e. The van der Waals surface area contributed by atoms with Gasteiger partial charge in [0, 0.05) is 25.7 Å². The Labute approximate surface area is 820 Å². The molecule has 0 N–H and O–H groups in total. The monoisotopic (exact) mass is 2010 g/mol. The first-order chi connectivity index (χ1) is 57.2. The van der Waals surface area contributed by atoms with Crippen molar-refractivity contribution in [2.24, 2.45) is 0 Å². The van der Waals surface area contributed by atoms with Crippen LogP contribution in [0, 0.1) is 0 Å². The van der Waals surface area contributed by atoms with E-state index in [1.54, 1.807) is 0 Å². The van der Waals surface area contributed by atoms with Gasteiger partial charge in [0.2, 0.25) is 0 Å². The van der Waals surface area contributed by atoms with Crippen LogP contribution in [-0.4, -0.2) is 121 Å². The second-order valence-corrected chi connectivity index (χ2v) is 35.2. The number of esters is 4. The fourth-order valence-electron chi connectivity index (χ4n) is 14.6. The number of rotatable bonds is 92. The van der Waals surface area contributed by atoms with Crippen molar-refractivity contribution in [3.8, 4) is 0 Å². The first kappa shape index (κ1) is 139. The van der Waals surface area contributed by atoms with Gasteiger partial charge in [-0.2, -0.15) is 13.5 Å². The van der Waals surface area contributed by atoms with Crippen LogP contribution in [0.2, 0.25) is 0 Å². The number of unbranched alkanes of at least 4 members (excludes halogenated alkanes) is 68. The van der Waals surface area contributed by atoms with Gasteiger partial charge < -0.3 is 69.5 Å². The van der Waals surface area contributed by atoms with Gasteiger partial charge in [-0.3, -0.25) is 19.2 Å². The molecule has 0 aliphatic heterocycles. The molecule has 0 aromatic rings. The molecule has 0 bridgehead atoms. The summed E-state index contributed by atoms with van der Waals surface area (Å²) >= 11 is 19.0. The van der Waals surface area contributed by atoms with Gasteiger partial charge in [0.25, 0.3) is 0 Å². The summed E-state index contributed by atoms with van der Waals surface area (Å²) in [6, 6.07) is 0. The molecule has 0 aromatic heterocycles. The zero-order chi connectivity index (χ0) is 85.0. The topological polar surface area (TPSA) is 105 Å². The molecule has 0 aliphatic rings. The van der Waals surface area contributed by atoms with Gasteiger partial charge in [-0.05, 0) is 103 Å². The van der Waals surface area contributed by atoms with Gasteiger partial charge in [0.1, 0.15) is 0 Å². The van der Waals surface area contributed by atoms with Crippen LogP contribution in [-0.2, 0) is 88.6 Å². The third-order valence-corrected chi connectivity index (χ3v) is 22.6. The van der Waals surface area contributed by atoms with Crippen molar-refractivity contribution in [1.82, 2.24) is 0 Å². The molecule has 0 amide bonds. The van der Waals surface area contributed by atoms with Crippen LogP contribution in [0.4, 0.5) is 0 Å². The van der Waals surface area contributed by atoms with Gasteiger partial charge >= 0.3 is 71.7 Å². The number of ether oxygens (including phenoxy) is 4. The number of carbonyl (C=O) groups excluding carboxylic acids is 4. The van der Waals surface area contributed by atoms with E-state index >= 15 is 0 Å². The minimum absolute atomic E-state index is 0. The molecule has 15 heteroatoms. The van der Waals surface area contributed by atoms with Crippen molar-refractivity contribution >= 4 is 136 Å². The minimum atomic E-state index is -0.110. The van der Waals surface area contributed by atoms with Gasteiger partial charge in [-0.15, -0.1) is 23.0 Å². The number of allylic oxidation sites excluding steroid dienone is 8. The molecule has 0 spiro atoms. The molecular weight excluding hydrogens is 1800 g/mol. The van der Waals surface area contributed by atoms with Crippen molar-refractivity contribution < 1.29 is 38.1 Å². The van der Waals surface area contributed by atoms with Crippen LogP contribution in [0.25, 0.3) is 0 Å². The van der Waals surface area contributed by atoms with E-state index in [9.17, 15) is 19.2 Å². The van der Waals surface area contributed by atoms with E-state index in [1.807, 2.05) is 0 Å². The molecule has 121 heavy (non-hydrogen) atoms. The van der Waals surface area contributed by atoms with Gasteiger partial charge in [0.15, 0.2) is 0 Å². The molecule has 0 atom stereocenters. The van der Waals surface area contributed by atoms with Gasteiger partial charge in [-0.1, -0.05) is 476 Å². The maximum atomic E-state index is 11.3. The van der Waals surface area contributed by atoms with Crippen molar-refractivity contribution in [2.75, 3.05) is 49.4 Å². The molecule has 0 aliphatic carbocycles. The molecular formula is C106H206O8S5Sn2. The van der Waals surface area contributed by atoms with E-state index < -0.39 is 0 Å². The second kappa shape index (κ2) is 136. The minimum Gasteiger partial charge on any atom is -0.789 e.